The summed E-state index contributed by atoms with van der Waals surface area (Å²) in [5.41, 5.74) is 2.59. The quantitative estimate of drug-likeness (QED) is 0.517. The van der Waals surface area contributed by atoms with Gasteiger partial charge in [0.05, 0.1) is 6.04 Å². The maximum Gasteiger partial charge on any atom is 0.270 e. The second kappa shape index (κ2) is 7.71. The van der Waals surface area contributed by atoms with Crippen molar-refractivity contribution in [1.82, 2.24) is 24.0 Å². The summed E-state index contributed by atoms with van der Waals surface area (Å²) in [5.74, 6) is 0.442. The smallest absolute Gasteiger partial charge is 0.270 e. The van der Waals surface area contributed by atoms with Gasteiger partial charge in [-0.2, -0.15) is 10.2 Å². The number of nitriles is 1. The molecule has 166 valence electrons. The third kappa shape index (κ3) is 3.36. The van der Waals surface area contributed by atoms with Gasteiger partial charge in [0.25, 0.3) is 5.56 Å². The number of fused-ring (bicyclic) bond motifs is 2. The summed E-state index contributed by atoms with van der Waals surface area (Å²) in [6.07, 6.45) is 7.89. The molecule has 1 aliphatic heterocycles. The topological polar surface area (TPSA) is 91.8 Å². The van der Waals surface area contributed by atoms with Crippen molar-refractivity contribution in [3.63, 3.8) is 0 Å². The average molecular weight is 440 g/mol. The number of anilines is 2. The van der Waals surface area contributed by atoms with E-state index in [1.807, 2.05) is 12.1 Å². The third-order valence-corrected chi connectivity index (χ3v) is 7.00. The van der Waals surface area contributed by atoms with Gasteiger partial charge >= 0.3 is 0 Å². The molecule has 0 bridgehead atoms. The second-order valence-electron chi connectivity index (χ2n) is 9.25. The highest BCUT2D eigenvalue weighted by Crippen LogP contribution is 2.31. The lowest BCUT2D eigenvalue weighted by molar-refractivity contribution is 0.144. The molecule has 2 fully saturated rings. The lowest BCUT2D eigenvalue weighted by atomic mass is 10.1. The molecule has 3 aromatic heterocycles. The van der Waals surface area contributed by atoms with Crippen LogP contribution in [0.25, 0.3) is 21.9 Å². The highest BCUT2D eigenvalue weighted by molar-refractivity contribution is 5.85. The van der Waals surface area contributed by atoms with Crippen LogP contribution in [0.5, 0.6) is 0 Å². The first-order valence-corrected chi connectivity index (χ1v) is 11.5. The van der Waals surface area contributed by atoms with Gasteiger partial charge in [-0.25, -0.2) is 4.98 Å². The summed E-state index contributed by atoms with van der Waals surface area (Å²) in [5, 5.41) is 14.6. The minimum atomic E-state index is -0.258. The first-order valence-electron chi connectivity index (χ1n) is 11.5. The molecule has 0 amide bonds. The zero-order valence-electron chi connectivity index (χ0n) is 18.5. The number of aromatic nitrogens is 4. The molecule has 0 radical (unpaired) electrons. The van der Waals surface area contributed by atoms with E-state index in [0.717, 1.165) is 49.8 Å². The van der Waals surface area contributed by atoms with Crippen LogP contribution < -0.4 is 10.9 Å². The Balaban J connectivity index is 1.36. The molecule has 0 atom stereocenters. The maximum absolute atomic E-state index is 13.0. The van der Waals surface area contributed by atoms with Crippen molar-refractivity contribution in [3.8, 4) is 6.07 Å². The summed E-state index contributed by atoms with van der Waals surface area (Å²) < 4.78 is 4.06. The van der Waals surface area contributed by atoms with Gasteiger partial charge in [0.2, 0.25) is 5.95 Å². The van der Waals surface area contributed by atoms with Crippen LogP contribution in [0.1, 0.15) is 43.3 Å². The predicted octanol–water partition coefficient (Wildman–Crippen LogP) is 3.96. The zero-order chi connectivity index (χ0) is 22.5. The molecular weight excluding hydrogens is 414 g/mol. The molecule has 1 aliphatic carbocycles. The minimum Gasteiger partial charge on any atom is -0.342 e. The van der Waals surface area contributed by atoms with Gasteiger partial charge in [0, 0.05) is 53.5 Å². The Morgan fingerprint density at radius 1 is 1.09 bits per heavy atom. The van der Waals surface area contributed by atoms with Crippen LogP contribution in [0.15, 0.2) is 47.5 Å². The molecule has 1 saturated carbocycles. The summed E-state index contributed by atoms with van der Waals surface area (Å²) in [7, 11) is 2.14. The molecule has 4 aromatic rings. The molecule has 1 N–H and O–H groups in total. The Kier molecular flexibility index (Phi) is 4.66. The molecule has 33 heavy (non-hydrogen) atoms. The van der Waals surface area contributed by atoms with Gasteiger partial charge in [-0.1, -0.05) is 12.8 Å². The van der Waals surface area contributed by atoms with E-state index in [9.17, 15) is 10.1 Å². The minimum absolute atomic E-state index is 0.0812. The second-order valence-corrected chi connectivity index (χ2v) is 9.25. The van der Waals surface area contributed by atoms with Crippen LogP contribution in [-0.4, -0.2) is 44.1 Å². The molecule has 0 unspecified atom stereocenters. The van der Waals surface area contributed by atoms with Crippen molar-refractivity contribution in [1.29, 1.82) is 5.26 Å². The van der Waals surface area contributed by atoms with E-state index in [2.05, 4.69) is 51.2 Å². The van der Waals surface area contributed by atoms with Gasteiger partial charge in [0.15, 0.2) is 0 Å². The number of benzene rings is 1. The van der Waals surface area contributed by atoms with Crippen molar-refractivity contribution in [2.24, 2.45) is 0 Å². The fraction of sp³-hybridized carbons (Fsp3) is 0.360. The summed E-state index contributed by atoms with van der Waals surface area (Å²) >= 11 is 0. The van der Waals surface area contributed by atoms with Gasteiger partial charge in [-0.05, 0) is 50.2 Å². The van der Waals surface area contributed by atoms with Crippen molar-refractivity contribution in [2.45, 2.75) is 37.8 Å². The molecule has 8 heteroatoms. The predicted molar refractivity (Wildman–Crippen MR) is 128 cm³/mol. The zero-order valence-corrected chi connectivity index (χ0v) is 18.5. The Morgan fingerprint density at radius 2 is 1.91 bits per heavy atom. The molecule has 4 heterocycles. The molecular formula is C25H25N7O. The molecule has 1 saturated heterocycles. The Bertz CT molecular complexity index is 1470. The Labute approximate surface area is 191 Å². The Hall–Kier alpha value is -3.70. The number of nitrogens with zero attached hydrogens (tertiary/aromatic N) is 6. The third-order valence-electron chi connectivity index (χ3n) is 7.00. The number of nitrogens with one attached hydrogen (secondary N) is 1. The molecule has 2 aliphatic rings. The fourth-order valence-electron chi connectivity index (χ4n) is 5.29. The van der Waals surface area contributed by atoms with Crippen LogP contribution in [0.4, 0.5) is 11.6 Å². The van der Waals surface area contributed by atoms with E-state index in [1.54, 1.807) is 16.8 Å². The number of pyridine rings is 1. The first-order chi connectivity index (χ1) is 16.1. The summed E-state index contributed by atoms with van der Waals surface area (Å²) in [4.78, 5) is 24.5. The largest absolute Gasteiger partial charge is 0.342 e. The van der Waals surface area contributed by atoms with Gasteiger partial charge in [-0.3, -0.25) is 9.36 Å². The van der Waals surface area contributed by atoms with Gasteiger partial charge in [-0.15, -0.1) is 0 Å². The lowest BCUT2D eigenvalue weighted by Crippen LogP contribution is -2.44. The van der Waals surface area contributed by atoms with Crippen molar-refractivity contribution in [2.75, 3.05) is 25.5 Å². The van der Waals surface area contributed by atoms with Crippen LogP contribution in [0.2, 0.25) is 0 Å². The number of hydrogen-bond donors (Lipinski definition) is 1. The van der Waals surface area contributed by atoms with Gasteiger partial charge in [0.1, 0.15) is 17.3 Å². The number of rotatable bonds is 4. The number of hydrogen-bond acceptors (Lipinski definition) is 6. The van der Waals surface area contributed by atoms with Crippen LogP contribution in [-0.2, 0) is 0 Å². The van der Waals surface area contributed by atoms with E-state index in [-0.39, 0.29) is 17.2 Å². The summed E-state index contributed by atoms with van der Waals surface area (Å²) in [6.45, 7) is 2.15. The monoisotopic (exact) mass is 439 g/mol. The highest BCUT2D eigenvalue weighted by atomic mass is 16.1. The van der Waals surface area contributed by atoms with E-state index in [1.165, 1.54) is 5.52 Å². The number of likely N-dealkylation sites (tertiary alicyclic amines) is 1. The maximum atomic E-state index is 13.0. The van der Waals surface area contributed by atoms with Gasteiger partial charge < -0.3 is 14.8 Å². The van der Waals surface area contributed by atoms with Crippen LogP contribution in [0, 0.1) is 11.3 Å². The van der Waals surface area contributed by atoms with E-state index >= 15 is 0 Å². The fourth-order valence-corrected chi connectivity index (χ4v) is 5.29. The number of likely N-dealkylation sites (N-methyl/N-ethyl adjacent to an activating group) is 1. The average Bonchev–Trinajstić information content (AvgIpc) is 3.46. The first kappa shape index (κ1) is 19.9. The normalized spacial score (nSPS) is 17.5. The highest BCUT2D eigenvalue weighted by Gasteiger charge is 2.25. The lowest BCUT2D eigenvalue weighted by Gasteiger charge is -2.37. The Morgan fingerprint density at radius 3 is 2.67 bits per heavy atom. The van der Waals surface area contributed by atoms with Crippen LogP contribution in [0.3, 0.4) is 0 Å². The summed E-state index contributed by atoms with van der Waals surface area (Å²) in [6, 6.07) is 12.7. The molecule has 1 aromatic carbocycles. The van der Waals surface area contributed by atoms with Crippen molar-refractivity contribution in [3.05, 3.63) is 58.6 Å². The van der Waals surface area contributed by atoms with Crippen molar-refractivity contribution < 1.29 is 0 Å². The molecule has 8 nitrogen and oxygen atoms in total. The van der Waals surface area contributed by atoms with Crippen molar-refractivity contribution >= 4 is 33.6 Å². The van der Waals surface area contributed by atoms with E-state index in [4.69, 9.17) is 4.98 Å². The molecule has 6 rings (SSSR count). The SMILES string of the molecule is CN1CC(n2ccc3cc(Nc4ncc5cc(C#N)c(=O)n(C6CCCC6)c5n4)ccc32)C1. The van der Waals surface area contributed by atoms with Crippen LogP contribution >= 0.6 is 0 Å². The standard InChI is InChI=1S/C25H25N7O/c1-30-14-21(15-30)31-9-8-16-11-19(6-7-22(16)31)28-25-27-13-18-10-17(12-26)24(33)32(23(18)29-25)20-4-2-3-5-20/h6-11,13,20-21H,2-5,14-15H2,1H3,(H,27,28,29). The van der Waals surface area contributed by atoms with E-state index < -0.39 is 0 Å². The molecule has 0 spiro atoms. The van der Waals surface area contributed by atoms with E-state index in [0.29, 0.717) is 23.0 Å².